The zero-order chi connectivity index (χ0) is 6.85. The maximum absolute atomic E-state index is 10.4. The molecule has 0 aliphatic heterocycles. The molecule has 0 heterocycles. The first-order valence-corrected chi connectivity index (χ1v) is 3.12. The molecule has 2 heteroatoms. The van der Waals surface area contributed by atoms with Crippen molar-refractivity contribution in [3.8, 4) is 0 Å². The van der Waals surface area contributed by atoms with Crippen LogP contribution in [-0.4, -0.2) is 11.1 Å². The van der Waals surface area contributed by atoms with Crippen LogP contribution >= 0.6 is 0 Å². The van der Waals surface area contributed by atoms with Gasteiger partial charge in [-0.25, -0.2) is 0 Å². The second kappa shape index (κ2) is 2.21. The molecule has 0 bridgehead atoms. The van der Waals surface area contributed by atoms with Crippen LogP contribution in [-0.2, 0) is 4.79 Å². The molecule has 0 aromatic rings. The Labute approximate surface area is 54.2 Å². The molecule has 2 nitrogen and oxygen atoms in total. The molecule has 50 valence electrons. The number of carboxylic acid groups (broad SMARTS) is 1. The van der Waals surface area contributed by atoms with Crippen molar-refractivity contribution in [3.63, 3.8) is 0 Å². The van der Waals surface area contributed by atoms with Gasteiger partial charge < -0.3 is 5.11 Å². The minimum Gasteiger partial charge on any atom is -0.481 e. The average Bonchev–Trinajstić information content (AvgIpc) is 2.13. The van der Waals surface area contributed by atoms with E-state index in [1.165, 1.54) is 0 Å². The lowest BCUT2D eigenvalue weighted by atomic mass is 10.1. The molecule has 1 rings (SSSR count). The van der Waals surface area contributed by atoms with Crippen LogP contribution in [0.3, 0.4) is 0 Å². The molecule has 0 radical (unpaired) electrons. The van der Waals surface area contributed by atoms with Crippen molar-refractivity contribution >= 4 is 5.97 Å². The lowest BCUT2D eigenvalue weighted by molar-refractivity contribution is -0.140. The van der Waals surface area contributed by atoms with Crippen LogP contribution in [0, 0.1) is 5.92 Å². The van der Waals surface area contributed by atoms with Gasteiger partial charge >= 0.3 is 5.97 Å². The molecule has 1 aliphatic carbocycles. The third-order valence-corrected chi connectivity index (χ3v) is 1.78. The minimum absolute atomic E-state index is 0.245. The first kappa shape index (κ1) is 6.33. The number of carboxylic acids is 1. The fraction of sp³-hybridized carbons (Fsp3) is 0.571. The Morgan fingerprint density at radius 1 is 1.78 bits per heavy atom. The SMILES string of the molecule is C=C1CCC[C@H]1C(=O)O. The van der Waals surface area contributed by atoms with Gasteiger partial charge in [-0.3, -0.25) is 4.79 Å². The van der Waals surface area contributed by atoms with Crippen molar-refractivity contribution in [2.45, 2.75) is 19.3 Å². The summed E-state index contributed by atoms with van der Waals surface area (Å²) in [6.07, 6.45) is 2.68. The van der Waals surface area contributed by atoms with Gasteiger partial charge in [0.2, 0.25) is 0 Å². The summed E-state index contributed by atoms with van der Waals surface area (Å²) < 4.78 is 0. The zero-order valence-electron chi connectivity index (χ0n) is 5.26. The topological polar surface area (TPSA) is 37.3 Å². The second-order valence-corrected chi connectivity index (χ2v) is 2.44. The molecule has 1 atom stereocenters. The fourth-order valence-corrected chi connectivity index (χ4v) is 1.21. The molecular formula is C7H10O2. The molecule has 1 aliphatic rings. The van der Waals surface area contributed by atoms with Gasteiger partial charge in [0.25, 0.3) is 0 Å². The first-order chi connectivity index (χ1) is 4.22. The quantitative estimate of drug-likeness (QED) is 0.539. The summed E-state index contributed by atoms with van der Waals surface area (Å²) >= 11 is 0. The Morgan fingerprint density at radius 3 is 2.67 bits per heavy atom. The van der Waals surface area contributed by atoms with Crippen molar-refractivity contribution in [3.05, 3.63) is 12.2 Å². The predicted octanol–water partition coefficient (Wildman–Crippen LogP) is 1.43. The van der Waals surface area contributed by atoms with Gasteiger partial charge in [-0.2, -0.15) is 0 Å². The monoisotopic (exact) mass is 126 g/mol. The lowest BCUT2D eigenvalue weighted by Gasteiger charge is -2.01. The Hall–Kier alpha value is -0.790. The highest BCUT2D eigenvalue weighted by Gasteiger charge is 2.25. The van der Waals surface area contributed by atoms with Gasteiger partial charge in [-0.05, 0) is 19.3 Å². The van der Waals surface area contributed by atoms with Crippen molar-refractivity contribution in [1.82, 2.24) is 0 Å². The Morgan fingerprint density at radius 2 is 2.44 bits per heavy atom. The van der Waals surface area contributed by atoms with Crippen molar-refractivity contribution in [2.75, 3.05) is 0 Å². The fourth-order valence-electron chi connectivity index (χ4n) is 1.21. The highest BCUT2D eigenvalue weighted by molar-refractivity contribution is 5.73. The third kappa shape index (κ3) is 1.12. The van der Waals surface area contributed by atoms with E-state index in [2.05, 4.69) is 6.58 Å². The van der Waals surface area contributed by atoms with Gasteiger partial charge in [-0.1, -0.05) is 12.2 Å². The maximum Gasteiger partial charge on any atom is 0.310 e. The Kier molecular flexibility index (Phi) is 1.56. The van der Waals surface area contributed by atoms with E-state index in [0.29, 0.717) is 0 Å². The molecule has 1 fully saturated rings. The molecule has 1 N–H and O–H groups in total. The summed E-state index contributed by atoms with van der Waals surface area (Å²) in [6, 6.07) is 0. The molecule has 0 spiro atoms. The Balaban J connectivity index is 2.60. The average molecular weight is 126 g/mol. The van der Waals surface area contributed by atoms with Crippen molar-refractivity contribution in [2.24, 2.45) is 5.92 Å². The van der Waals surface area contributed by atoms with Crippen molar-refractivity contribution in [1.29, 1.82) is 0 Å². The van der Waals surface area contributed by atoms with E-state index >= 15 is 0 Å². The largest absolute Gasteiger partial charge is 0.481 e. The van der Waals surface area contributed by atoms with Crippen LogP contribution in [0.25, 0.3) is 0 Å². The third-order valence-electron chi connectivity index (χ3n) is 1.78. The van der Waals surface area contributed by atoms with Crippen LogP contribution in [0.5, 0.6) is 0 Å². The Bertz CT molecular complexity index is 149. The second-order valence-electron chi connectivity index (χ2n) is 2.44. The van der Waals surface area contributed by atoms with Crippen LogP contribution in [0.2, 0.25) is 0 Å². The van der Waals surface area contributed by atoms with E-state index < -0.39 is 5.97 Å². The summed E-state index contributed by atoms with van der Waals surface area (Å²) in [5, 5.41) is 8.52. The minimum atomic E-state index is -0.711. The summed E-state index contributed by atoms with van der Waals surface area (Å²) in [6.45, 7) is 3.68. The summed E-state index contributed by atoms with van der Waals surface area (Å²) in [5.74, 6) is -0.956. The van der Waals surface area contributed by atoms with E-state index in [-0.39, 0.29) is 5.92 Å². The molecule has 0 saturated heterocycles. The number of hydrogen-bond acceptors (Lipinski definition) is 1. The summed E-state index contributed by atoms with van der Waals surface area (Å²) in [5.41, 5.74) is 0.891. The number of hydrogen-bond donors (Lipinski definition) is 1. The summed E-state index contributed by atoms with van der Waals surface area (Å²) in [4.78, 5) is 10.4. The molecule has 9 heavy (non-hydrogen) atoms. The molecule has 1 saturated carbocycles. The van der Waals surface area contributed by atoms with E-state index in [1.54, 1.807) is 0 Å². The first-order valence-electron chi connectivity index (χ1n) is 3.12. The zero-order valence-corrected chi connectivity index (χ0v) is 5.26. The molecule has 0 unspecified atom stereocenters. The standard InChI is InChI=1S/C7H10O2/c1-5-3-2-4-6(5)7(8)9/h6H,1-4H2,(H,8,9)/t6-/m1/s1. The molecule has 0 amide bonds. The van der Waals surface area contributed by atoms with Gasteiger partial charge in [0, 0.05) is 0 Å². The molecular weight excluding hydrogens is 116 g/mol. The van der Waals surface area contributed by atoms with Crippen molar-refractivity contribution < 1.29 is 9.90 Å². The predicted molar refractivity (Wildman–Crippen MR) is 34.1 cm³/mol. The number of rotatable bonds is 1. The van der Waals surface area contributed by atoms with E-state index in [0.717, 1.165) is 24.8 Å². The van der Waals surface area contributed by atoms with Gasteiger partial charge in [0.05, 0.1) is 5.92 Å². The van der Waals surface area contributed by atoms with E-state index in [1.807, 2.05) is 0 Å². The normalized spacial score (nSPS) is 26.7. The number of carbonyl (C=O) groups is 1. The molecule has 0 aromatic heterocycles. The van der Waals surface area contributed by atoms with Gasteiger partial charge in [0.1, 0.15) is 0 Å². The van der Waals surface area contributed by atoms with Gasteiger partial charge in [-0.15, -0.1) is 0 Å². The maximum atomic E-state index is 10.4. The van der Waals surface area contributed by atoms with Crippen LogP contribution in [0.1, 0.15) is 19.3 Å². The lowest BCUT2D eigenvalue weighted by Crippen LogP contribution is -2.09. The van der Waals surface area contributed by atoms with Crippen LogP contribution < -0.4 is 0 Å². The van der Waals surface area contributed by atoms with Gasteiger partial charge in [0.15, 0.2) is 0 Å². The highest BCUT2D eigenvalue weighted by atomic mass is 16.4. The van der Waals surface area contributed by atoms with Crippen LogP contribution in [0.4, 0.5) is 0 Å². The van der Waals surface area contributed by atoms with Crippen LogP contribution in [0.15, 0.2) is 12.2 Å². The summed E-state index contributed by atoms with van der Waals surface area (Å²) in [7, 11) is 0. The van der Waals surface area contributed by atoms with E-state index in [4.69, 9.17) is 5.11 Å². The molecule has 0 aromatic carbocycles. The highest BCUT2D eigenvalue weighted by Crippen LogP contribution is 2.29. The number of aliphatic carboxylic acids is 1. The smallest absolute Gasteiger partial charge is 0.310 e. The van der Waals surface area contributed by atoms with E-state index in [9.17, 15) is 4.79 Å².